The Bertz CT molecular complexity index is 506. The highest BCUT2D eigenvalue weighted by molar-refractivity contribution is 7.13. The minimum absolute atomic E-state index is 0.104. The molecular weight excluding hydrogens is 220 g/mol. The first-order valence-corrected chi connectivity index (χ1v) is 5.83. The summed E-state index contributed by atoms with van der Waals surface area (Å²) in [7, 11) is 0. The highest BCUT2D eigenvalue weighted by Crippen LogP contribution is 2.15. The largest absolute Gasteiger partial charge is 0.298 e. The zero-order valence-electron chi connectivity index (χ0n) is 9.15. The van der Waals surface area contributed by atoms with Crippen LogP contribution in [0.3, 0.4) is 0 Å². The van der Waals surface area contributed by atoms with Crippen molar-refractivity contribution in [3.8, 4) is 0 Å². The summed E-state index contributed by atoms with van der Waals surface area (Å²) in [5.74, 6) is -0.104. The van der Waals surface area contributed by atoms with Gasteiger partial charge in [-0.1, -0.05) is 17.7 Å². The quantitative estimate of drug-likeness (QED) is 0.864. The Morgan fingerprint density at radius 2 is 2.19 bits per heavy atom. The number of thiazole rings is 1. The Morgan fingerprint density at radius 3 is 2.81 bits per heavy atom. The van der Waals surface area contributed by atoms with Crippen LogP contribution in [0.25, 0.3) is 0 Å². The van der Waals surface area contributed by atoms with Crippen LogP contribution in [0.15, 0.2) is 29.8 Å². The molecule has 0 bridgehead atoms. The van der Waals surface area contributed by atoms with Gasteiger partial charge in [-0.15, -0.1) is 11.3 Å². The van der Waals surface area contributed by atoms with E-state index >= 15 is 0 Å². The van der Waals surface area contributed by atoms with Gasteiger partial charge in [-0.25, -0.2) is 4.98 Å². The Balaban J connectivity index is 2.21. The van der Waals surface area contributed by atoms with Crippen molar-refractivity contribution < 1.29 is 4.79 Å². The van der Waals surface area contributed by atoms with Gasteiger partial charge in [0.2, 0.25) is 0 Å². The SMILES string of the molecule is Cc1ccc(C(=O)Nc2nccs2)c(C)c1. The molecule has 0 aliphatic carbocycles. The molecule has 4 heteroatoms. The molecule has 1 amide bonds. The molecule has 82 valence electrons. The lowest BCUT2D eigenvalue weighted by molar-refractivity contribution is 0.102. The minimum atomic E-state index is -0.104. The van der Waals surface area contributed by atoms with Gasteiger partial charge in [0.05, 0.1) is 0 Å². The van der Waals surface area contributed by atoms with E-state index in [1.165, 1.54) is 11.3 Å². The standard InChI is InChI=1S/C12H12N2OS/c1-8-3-4-10(9(2)7-8)11(15)14-12-13-5-6-16-12/h3-7H,1-2H3,(H,13,14,15). The Labute approximate surface area is 98.2 Å². The minimum Gasteiger partial charge on any atom is -0.298 e. The third kappa shape index (κ3) is 2.28. The van der Waals surface area contributed by atoms with Crippen LogP contribution in [0.4, 0.5) is 5.13 Å². The highest BCUT2D eigenvalue weighted by atomic mass is 32.1. The molecule has 1 aromatic carbocycles. The first-order valence-electron chi connectivity index (χ1n) is 4.95. The molecule has 1 N–H and O–H groups in total. The second-order valence-electron chi connectivity index (χ2n) is 3.61. The van der Waals surface area contributed by atoms with Crippen molar-refractivity contribution in [3.05, 3.63) is 46.5 Å². The normalized spacial score (nSPS) is 10.1. The van der Waals surface area contributed by atoms with Gasteiger partial charge in [-0.05, 0) is 25.5 Å². The summed E-state index contributed by atoms with van der Waals surface area (Å²) in [6, 6.07) is 5.77. The Hall–Kier alpha value is -1.68. The molecule has 0 unspecified atom stereocenters. The van der Waals surface area contributed by atoms with Crippen molar-refractivity contribution in [1.29, 1.82) is 0 Å². The van der Waals surface area contributed by atoms with Gasteiger partial charge in [0.15, 0.2) is 5.13 Å². The van der Waals surface area contributed by atoms with E-state index < -0.39 is 0 Å². The van der Waals surface area contributed by atoms with Crippen molar-refractivity contribution in [2.45, 2.75) is 13.8 Å². The smallest absolute Gasteiger partial charge is 0.257 e. The maximum atomic E-state index is 11.9. The topological polar surface area (TPSA) is 42.0 Å². The second kappa shape index (κ2) is 4.45. The number of hydrogen-bond acceptors (Lipinski definition) is 3. The molecule has 1 heterocycles. The third-order valence-electron chi connectivity index (χ3n) is 2.28. The first-order chi connectivity index (χ1) is 7.66. The number of hydrogen-bond donors (Lipinski definition) is 1. The van der Waals surface area contributed by atoms with Crippen molar-refractivity contribution in [3.63, 3.8) is 0 Å². The van der Waals surface area contributed by atoms with Gasteiger partial charge >= 0.3 is 0 Å². The molecule has 0 spiro atoms. The van der Waals surface area contributed by atoms with Crippen molar-refractivity contribution in [2.24, 2.45) is 0 Å². The van der Waals surface area contributed by atoms with Crippen LogP contribution in [0, 0.1) is 13.8 Å². The number of nitrogens with one attached hydrogen (secondary N) is 1. The van der Waals surface area contributed by atoms with Crippen molar-refractivity contribution in [2.75, 3.05) is 5.32 Å². The summed E-state index contributed by atoms with van der Waals surface area (Å²) in [5.41, 5.74) is 2.83. The molecule has 2 aromatic rings. The van der Waals surface area contributed by atoms with E-state index in [1.807, 2.05) is 37.4 Å². The molecule has 16 heavy (non-hydrogen) atoms. The summed E-state index contributed by atoms with van der Waals surface area (Å²) < 4.78 is 0. The van der Waals surface area contributed by atoms with Gasteiger partial charge in [-0.2, -0.15) is 0 Å². The molecule has 0 aliphatic heterocycles. The fraction of sp³-hybridized carbons (Fsp3) is 0.167. The molecule has 0 fully saturated rings. The van der Waals surface area contributed by atoms with E-state index in [0.29, 0.717) is 10.7 Å². The van der Waals surface area contributed by atoms with Crippen LogP contribution in [0.2, 0.25) is 0 Å². The zero-order chi connectivity index (χ0) is 11.5. The maximum absolute atomic E-state index is 11.9. The first kappa shape index (κ1) is 10.8. The van der Waals surface area contributed by atoms with Crippen molar-refractivity contribution >= 4 is 22.4 Å². The van der Waals surface area contributed by atoms with Crippen LogP contribution in [0.5, 0.6) is 0 Å². The molecule has 3 nitrogen and oxygen atoms in total. The monoisotopic (exact) mass is 232 g/mol. The molecule has 0 saturated heterocycles. The highest BCUT2D eigenvalue weighted by Gasteiger charge is 2.09. The summed E-state index contributed by atoms with van der Waals surface area (Å²) in [5, 5.41) is 5.23. The summed E-state index contributed by atoms with van der Waals surface area (Å²) in [4.78, 5) is 15.9. The molecule has 0 atom stereocenters. The lowest BCUT2D eigenvalue weighted by Gasteiger charge is -2.05. The molecule has 0 radical (unpaired) electrons. The lowest BCUT2D eigenvalue weighted by atomic mass is 10.1. The van der Waals surface area contributed by atoms with Gasteiger partial charge in [0, 0.05) is 17.1 Å². The average Bonchev–Trinajstić information content (AvgIpc) is 2.70. The average molecular weight is 232 g/mol. The number of aryl methyl sites for hydroxylation is 2. The molecular formula is C12H12N2OS. The fourth-order valence-corrected chi connectivity index (χ4v) is 2.04. The van der Waals surface area contributed by atoms with Crippen molar-refractivity contribution in [1.82, 2.24) is 4.98 Å². The zero-order valence-corrected chi connectivity index (χ0v) is 9.97. The van der Waals surface area contributed by atoms with Gasteiger partial charge < -0.3 is 0 Å². The second-order valence-corrected chi connectivity index (χ2v) is 4.50. The van der Waals surface area contributed by atoms with E-state index in [1.54, 1.807) is 6.20 Å². The Morgan fingerprint density at radius 1 is 1.38 bits per heavy atom. The molecule has 0 saturated carbocycles. The van der Waals surface area contributed by atoms with Crippen LogP contribution in [0.1, 0.15) is 21.5 Å². The van der Waals surface area contributed by atoms with Gasteiger partial charge in [0.1, 0.15) is 0 Å². The van der Waals surface area contributed by atoms with Crippen LogP contribution < -0.4 is 5.32 Å². The molecule has 1 aromatic heterocycles. The van der Waals surface area contributed by atoms with Crippen LogP contribution in [-0.4, -0.2) is 10.9 Å². The number of nitrogens with zero attached hydrogens (tertiary/aromatic N) is 1. The predicted octanol–water partition coefficient (Wildman–Crippen LogP) is 3.01. The van der Waals surface area contributed by atoms with Gasteiger partial charge in [0.25, 0.3) is 5.91 Å². The summed E-state index contributed by atoms with van der Waals surface area (Å²) in [6.45, 7) is 3.94. The van der Waals surface area contributed by atoms with Crippen LogP contribution in [-0.2, 0) is 0 Å². The van der Waals surface area contributed by atoms with E-state index in [9.17, 15) is 4.79 Å². The number of anilines is 1. The van der Waals surface area contributed by atoms with Crippen LogP contribution >= 0.6 is 11.3 Å². The summed E-state index contributed by atoms with van der Waals surface area (Å²) in [6.07, 6.45) is 1.67. The van der Waals surface area contributed by atoms with Gasteiger partial charge in [-0.3, -0.25) is 10.1 Å². The number of benzene rings is 1. The Kier molecular flexibility index (Phi) is 3.01. The number of carbonyl (C=O) groups is 1. The number of rotatable bonds is 2. The maximum Gasteiger partial charge on any atom is 0.257 e. The molecule has 2 rings (SSSR count). The van der Waals surface area contributed by atoms with E-state index in [4.69, 9.17) is 0 Å². The molecule has 0 aliphatic rings. The number of aromatic nitrogens is 1. The van der Waals surface area contributed by atoms with E-state index in [2.05, 4.69) is 10.3 Å². The predicted molar refractivity (Wildman–Crippen MR) is 66.0 cm³/mol. The van der Waals surface area contributed by atoms with E-state index in [-0.39, 0.29) is 5.91 Å². The fourth-order valence-electron chi connectivity index (χ4n) is 1.52. The lowest BCUT2D eigenvalue weighted by Crippen LogP contribution is -2.13. The third-order valence-corrected chi connectivity index (χ3v) is 2.97. The van der Waals surface area contributed by atoms with E-state index in [0.717, 1.165) is 11.1 Å². The number of amides is 1. The summed E-state index contributed by atoms with van der Waals surface area (Å²) >= 11 is 1.41. The number of carbonyl (C=O) groups excluding carboxylic acids is 1.